The maximum atomic E-state index is 5.80. The van der Waals surface area contributed by atoms with Crippen molar-refractivity contribution >= 4 is 11.6 Å². The molecule has 0 radical (unpaired) electrons. The maximum absolute atomic E-state index is 5.80. The first-order valence-electron chi connectivity index (χ1n) is 5.07. The van der Waals surface area contributed by atoms with E-state index in [0.717, 1.165) is 11.6 Å². The molecule has 1 nitrogen and oxygen atoms in total. The van der Waals surface area contributed by atoms with E-state index in [0.29, 0.717) is 12.0 Å². The summed E-state index contributed by atoms with van der Waals surface area (Å²) in [5.74, 6) is 0.669. The van der Waals surface area contributed by atoms with Gasteiger partial charge in [-0.3, -0.25) is 0 Å². The number of nitrogens with one attached hydrogen (secondary N) is 1. The van der Waals surface area contributed by atoms with Crippen molar-refractivity contribution in [2.24, 2.45) is 5.92 Å². The van der Waals surface area contributed by atoms with Crippen molar-refractivity contribution in [1.29, 1.82) is 0 Å². The number of benzene rings is 1. The largest absolute Gasteiger partial charge is 0.310 e. The summed E-state index contributed by atoms with van der Waals surface area (Å²) < 4.78 is 0. The highest BCUT2D eigenvalue weighted by Gasteiger charge is 2.05. The molecular formula is C12H18ClN. The highest BCUT2D eigenvalue weighted by Crippen LogP contribution is 2.10. The molecule has 0 saturated heterocycles. The molecule has 0 heterocycles. The van der Waals surface area contributed by atoms with Gasteiger partial charge in [0.05, 0.1) is 0 Å². The van der Waals surface area contributed by atoms with E-state index in [1.807, 2.05) is 12.1 Å². The van der Waals surface area contributed by atoms with Gasteiger partial charge in [0.15, 0.2) is 0 Å². The van der Waals surface area contributed by atoms with E-state index in [2.05, 4.69) is 38.2 Å². The summed E-state index contributed by atoms with van der Waals surface area (Å²) in [6, 6.07) is 8.52. The first-order chi connectivity index (χ1) is 6.59. The second-order valence-corrected chi connectivity index (χ2v) is 4.48. The van der Waals surface area contributed by atoms with Crippen LogP contribution in [0.1, 0.15) is 26.3 Å². The van der Waals surface area contributed by atoms with Crippen LogP contribution in [0.2, 0.25) is 5.02 Å². The molecule has 1 atom stereocenters. The molecule has 0 saturated carbocycles. The van der Waals surface area contributed by atoms with Gasteiger partial charge in [0, 0.05) is 17.6 Å². The maximum Gasteiger partial charge on any atom is 0.0406 e. The van der Waals surface area contributed by atoms with Gasteiger partial charge >= 0.3 is 0 Å². The molecule has 0 aliphatic carbocycles. The van der Waals surface area contributed by atoms with E-state index in [4.69, 9.17) is 11.6 Å². The number of hydrogen-bond acceptors (Lipinski definition) is 1. The minimum absolute atomic E-state index is 0.547. The summed E-state index contributed by atoms with van der Waals surface area (Å²) in [5, 5.41) is 4.27. The average Bonchev–Trinajstić information content (AvgIpc) is 2.16. The van der Waals surface area contributed by atoms with Crippen molar-refractivity contribution in [3.8, 4) is 0 Å². The van der Waals surface area contributed by atoms with E-state index in [9.17, 15) is 0 Å². The molecule has 0 aromatic heterocycles. The first-order valence-corrected chi connectivity index (χ1v) is 5.45. The molecule has 0 aliphatic heterocycles. The van der Waals surface area contributed by atoms with Crippen LogP contribution in [0.25, 0.3) is 0 Å². The van der Waals surface area contributed by atoms with Crippen molar-refractivity contribution in [2.45, 2.75) is 33.4 Å². The second-order valence-electron chi connectivity index (χ2n) is 4.04. The molecule has 14 heavy (non-hydrogen) atoms. The van der Waals surface area contributed by atoms with Gasteiger partial charge in [0.25, 0.3) is 0 Å². The fraction of sp³-hybridized carbons (Fsp3) is 0.500. The van der Waals surface area contributed by atoms with E-state index < -0.39 is 0 Å². The number of rotatable bonds is 4. The Hall–Kier alpha value is -0.530. The molecule has 0 bridgehead atoms. The van der Waals surface area contributed by atoms with Crippen molar-refractivity contribution in [3.63, 3.8) is 0 Å². The van der Waals surface area contributed by atoms with Gasteiger partial charge < -0.3 is 5.32 Å². The minimum Gasteiger partial charge on any atom is -0.310 e. The fourth-order valence-electron chi connectivity index (χ4n) is 1.12. The third-order valence-electron chi connectivity index (χ3n) is 2.54. The summed E-state index contributed by atoms with van der Waals surface area (Å²) in [6.07, 6.45) is 0. The zero-order valence-electron chi connectivity index (χ0n) is 9.05. The zero-order valence-corrected chi connectivity index (χ0v) is 9.81. The van der Waals surface area contributed by atoms with Crippen molar-refractivity contribution in [1.82, 2.24) is 5.32 Å². The van der Waals surface area contributed by atoms with Crippen LogP contribution in [0, 0.1) is 5.92 Å². The average molecular weight is 212 g/mol. The molecule has 78 valence electrons. The van der Waals surface area contributed by atoms with Gasteiger partial charge in [-0.05, 0) is 30.5 Å². The van der Waals surface area contributed by atoms with Crippen LogP contribution in [0.5, 0.6) is 0 Å². The van der Waals surface area contributed by atoms with Gasteiger partial charge in [-0.15, -0.1) is 0 Å². The third-order valence-corrected chi connectivity index (χ3v) is 2.79. The van der Waals surface area contributed by atoms with Crippen molar-refractivity contribution in [2.75, 3.05) is 0 Å². The summed E-state index contributed by atoms with van der Waals surface area (Å²) >= 11 is 5.80. The van der Waals surface area contributed by atoms with Crippen LogP contribution in [0.3, 0.4) is 0 Å². The molecule has 1 N–H and O–H groups in total. The van der Waals surface area contributed by atoms with Crippen molar-refractivity contribution in [3.05, 3.63) is 34.9 Å². The number of hydrogen-bond donors (Lipinski definition) is 1. The molecule has 1 aromatic rings. The van der Waals surface area contributed by atoms with Crippen LogP contribution in [-0.2, 0) is 6.54 Å². The summed E-state index contributed by atoms with van der Waals surface area (Å²) in [4.78, 5) is 0. The molecular weight excluding hydrogens is 194 g/mol. The summed E-state index contributed by atoms with van der Waals surface area (Å²) in [7, 11) is 0. The van der Waals surface area contributed by atoms with E-state index in [1.165, 1.54) is 5.56 Å². The van der Waals surface area contributed by atoms with Gasteiger partial charge in [0.2, 0.25) is 0 Å². The van der Waals surface area contributed by atoms with E-state index in [-0.39, 0.29) is 0 Å². The van der Waals surface area contributed by atoms with Gasteiger partial charge in [-0.1, -0.05) is 37.6 Å². The van der Waals surface area contributed by atoms with Crippen molar-refractivity contribution < 1.29 is 0 Å². The quantitative estimate of drug-likeness (QED) is 0.804. The smallest absolute Gasteiger partial charge is 0.0406 e. The zero-order chi connectivity index (χ0) is 10.6. The summed E-state index contributed by atoms with van der Waals surface area (Å²) in [5.41, 5.74) is 1.28. The predicted octanol–water partition coefficient (Wildman–Crippen LogP) is 3.47. The van der Waals surface area contributed by atoms with Gasteiger partial charge in [-0.2, -0.15) is 0 Å². The monoisotopic (exact) mass is 211 g/mol. The molecule has 2 heteroatoms. The lowest BCUT2D eigenvalue weighted by Gasteiger charge is -2.17. The Morgan fingerprint density at radius 1 is 1.14 bits per heavy atom. The molecule has 0 fully saturated rings. The lowest BCUT2D eigenvalue weighted by Crippen LogP contribution is -2.30. The standard InChI is InChI=1S/C12H18ClN/c1-9(2)10(3)14-8-11-4-6-12(13)7-5-11/h4-7,9-10,14H,8H2,1-3H3/t10-/m1/s1. The van der Waals surface area contributed by atoms with E-state index in [1.54, 1.807) is 0 Å². The first kappa shape index (κ1) is 11.5. The summed E-state index contributed by atoms with van der Waals surface area (Å²) in [6.45, 7) is 7.57. The second kappa shape index (κ2) is 5.38. The molecule has 1 aromatic carbocycles. The van der Waals surface area contributed by atoms with Crippen LogP contribution >= 0.6 is 11.6 Å². The Kier molecular flexibility index (Phi) is 4.43. The number of halogens is 1. The SMILES string of the molecule is CC(C)[C@@H](C)NCc1ccc(Cl)cc1. The Balaban J connectivity index is 2.42. The highest BCUT2D eigenvalue weighted by molar-refractivity contribution is 6.30. The fourth-order valence-corrected chi connectivity index (χ4v) is 1.24. The van der Waals surface area contributed by atoms with Crippen LogP contribution in [0.15, 0.2) is 24.3 Å². The predicted molar refractivity (Wildman–Crippen MR) is 62.6 cm³/mol. The molecule has 0 spiro atoms. The molecule has 0 unspecified atom stereocenters. The lowest BCUT2D eigenvalue weighted by molar-refractivity contribution is 0.426. The third kappa shape index (κ3) is 3.69. The van der Waals surface area contributed by atoms with E-state index >= 15 is 0 Å². The van der Waals surface area contributed by atoms with Crippen LogP contribution < -0.4 is 5.32 Å². The normalized spacial score (nSPS) is 13.2. The van der Waals surface area contributed by atoms with Gasteiger partial charge in [-0.25, -0.2) is 0 Å². The van der Waals surface area contributed by atoms with Crippen LogP contribution in [0.4, 0.5) is 0 Å². The minimum atomic E-state index is 0.547. The Morgan fingerprint density at radius 3 is 2.21 bits per heavy atom. The molecule has 0 amide bonds. The molecule has 0 aliphatic rings. The Bertz CT molecular complexity index is 266. The van der Waals surface area contributed by atoms with Crippen LogP contribution in [-0.4, -0.2) is 6.04 Å². The topological polar surface area (TPSA) is 12.0 Å². The molecule has 1 rings (SSSR count). The Labute approximate surface area is 91.5 Å². The highest BCUT2D eigenvalue weighted by atomic mass is 35.5. The van der Waals surface area contributed by atoms with Gasteiger partial charge in [0.1, 0.15) is 0 Å². The lowest BCUT2D eigenvalue weighted by atomic mass is 10.1. The Morgan fingerprint density at radius 2 is 1.71 bits per heavy atom.